The van der Waals surface area contributed by atoms with Gasteiger partial charge < -0.3 is 5.11 Å². The molecule has 0 bridgehead atoms. The summed E-state index contributed by atoms with van der Waals surface area (Å²) >= 11 is 0. The summed E-state index contributed by atoms with van der Waals surface area (Å²) < 4.78 is 53.4. The van der Waals surface area contributed by atoms with Crippen LogP contribution in [0.3, 0.4) is 0 Å². The highest BCUT2D eigenvalue weighted by Crippen LogP contribution is 2.35. The molecule has 0 fully saturated rings. The molecule has 1 N–H and O–H groups in total. The van der Waals surface area contributed by atoms with E-state index in [1.165, 1.54) is 10.9 Å². The molecule has 0 saturated heterocycles. The quantitative estimate of drug-likeness (QED) is 0.884. The molecule has 0 saturated carbocycles. The Morgan fingerprint density at radius 3 is 2.67 bits per heavy atom. The van der Waals surface area contributed by atoms with E-state index in [1.54, 1.807) is 0 Å². The van der Waals surface area contributed by atoms with Crippen LogP contribution in [0.15, 0.2) is 24.4 Å². The van der Waals surface area contributed by atoms with E-state index >= 15 is 0 Å². The number of nitrogens with zero attached hydrogens (tertiary/aromatic N) is 3. The largest absolute Gasteiger partial charge is 0.419 e. The van der Waals surface area contributed by atoms with Gasteiger partial charge in [0.15, 0.2) is 0 Å². The Kier molecular flexibility index (Phi) is 4.26. The second kappa shape index (κ2) is 5.80. The molecule has 1 heterocycles. The van der Waals surface area contributed by atoms with E-state index in [4.69, 9.17) is 0 Å². The van der Waals surface area contributed by atoms with Gasteiger partial charge in [-0.15, -0.1) is 5.10 Å². The molecular weight excluding hydrogens is 290 g/mol. The molecule has 0 aliphatic heterocycles. The predicted molar refractivity (Wildman–Crippen MR) is 65.8 cm³/mol. The lowest BCUT2D eigenvalue weighted by atomic mass is 10.0. The lowest BCUT2D eigenvalue weighted by molar-refractivity contribution is -0.140. The van der Waals surface area contributed by atoms with Crippen LogP contribution in [0.4, 0.5) is 17.6 Å². The molecule has 2 rings (SSSR count). The molecule has 1 unspecified atom stereocenters. The summed E-state index contributed by atoms with van der Waals surface area (Å²) in [5.41, 5.74) is -1.71. The van der Waals surface area contributed by atoms with E-state index in [0.29, 0.717) is 19.0 Å². The molecule has 8 heteroatoms. The van der Waals surface area contributed by atoms with Crippen molar-refractivity contribution in [3.8, 4) is 0 Å². The van der Waals surface area contributed by atoms with Gasteiger partial charge in [0.1, 0.15) is 11.9 Å². The van der Waals surface area contributed by atoms with Crippen LogP contribution in [-0.4, -0.2) is 20.1 Å². The van der Waals surface area contributed by atoms with E-state index in [0.717, 1.165) is 12.1 Å². The normalized spacial score (nSPS) is 13.4. The number of aryl methyl sites for hydroxylation is 1. The molecule has 0 radical (unpaired) electrons. The number of aliphatic hydroxyl groups excluding tert-OH is 1. The Balaban J connectivity index is 2.44. The minimum absolute atomic E-state index is 0.148. The van der Waals surface area contributed by atoms with Gasteiger partial charge in [-0.1, -0.05) is 24.3 Å². The first kappa shape index (κ1) is 15.4. The average Bonchev–Trinajstić information content (AvgIpc) is 2.85. The van der Waals surface area contributed by atoms with E-state index in [1.807, 2.05) is 6.92 Å². The fourth-order valence-corrected chi connectivity index (χ4v) is 2.00. The Hall–Kier alpha value is -1.96. The van der Waals surface area contributed by atoms with Gasteiger partial charge >= 0.3 is 6.18 Å². The van der Waals surface area contributed by atoms with Crippen molar-refractivity contribution in [1.82, 2.24) is 15.0 Å². The number of benzene rings is 1. The minimum Gasteiger partial charge on any atom is -0.382 e. The van der Waals surface area contributed by atoms with Crippen LogP contribution in [0.5, 0.6) is 0 Å². The van der Waals surface area contributed by atoms with Crippen LogP contribution in [-0.2, 0) is 12.7 Å². The van der Waals surface area contributed by atoms with Crippen molar-refractivity contribution >= 4 is 0 Å². The first-order chi connectivity index (χ1) is 9.86. The smallest absolute Gasteiger partial charge is 0.382 e. The van der Waals surface area contributed by atoms with Crippen molar-refractivity contribution in [2.24, 2.45) is 0 Å². The van der Waals surface area contributed by atoms with Crippen molar-refractivity contribution in [2.75, 3.05) is 0 Å². The number of aliphatic hydroxyl groups is 1. The van der Waals surface area contributed by atoms with Crippen molar-refractivity contribution in [1.29, 1.82) is 0 Å². The molecule has 4 nitrogen and oxygen atoms in total. The third-order valence-electron chi connectivity index (χ3n) is 2.99. The van der Waals surface area contributed by atoms with Gasteiger partial charge in [-0.3, -0.25) is 0 Å². The average molecular weight is 303 g/mol. The van der Waals surface area contributed by atoms with Crippen molar-refractivity contribution in [3.63, 3.8) is 0 Å². The third kappa shape index (κ3) is 3.05. The maximum absolute atomic E-state index is 14.0. The monoisotopic (exact) mass is 303 g/mol. The summed E-state index contributed by atoms with van der Waals surface area (Å²) in [6, 6.07) is 2.80. The highest BCUT2D eigenvalue weighted by Gasteiger charge is 2.36. The zero-order valence-corrected chi connectivity index (χ0v) is 11.1. The summed E-state index contributed by atoms with van der Waals surface area (Å²) in [6.45, 7) is 2.29. The molecule has 0 aliphatic carbocycles. The fourth-order valence-electron chi connectivity index (χ4n) is 2.00. The number of hydrogen-bond acceptors (Lipinski definition) is 3. The molecule has 21 heavy (non-hydrogen) atoms. The highest BCUT2D eigenvalue weighted by atomic mass is 19.4. The van der Waals surface area contributed by atoms with Crippen LogP contribution < -0.4 is 0 Å². The molecule has 0 aliphatic rings. The van der Waals surface area contributed by atoms with E-state index in [2.05, 4.69) is 10.3 Å². The molecular formula is C13H13F4N3O. The molecule has 1 atom stereocenters. The number of alkyl halides is 3. The van der Waals surface area contributed by atoms with Crippen molar-refractivity contribution in [3.05, 3.63) is 47.0 Å². The molecule has 2 aromatic rings. The first-order valence-electron chi connectivity index (χ1n) is 6.28. The maximum Gasteiger partial charge on any atom is 0.419 e. The maximum atomic E-state index is 14.0. The van der Waals surface area contributed by atoms with Crippen LogP contribution in [0.2, 0.25) is 0 Å². The van der Waals surface area contributed by atoms with Gasteiger partial charge in [-0.25, -0.2) is 9.07 Å². The van der Waals surface area contributed by atoms with Crippen LogP contribution in [0.1, 0.15) is 36.3 Å². The minimum atomic E-state index is -4.82. The third-order valence-corrected chi connectivity index (χ3v) is 2.99. The summed E-state index contributed by atoms with van der Waals surface area (Å²) in [7, 11) is 0. The van der Waals surface area contributed by atoms with E-state index in [-0.39, 0.29) is 5.69 Å². The summed E-state index contributed by atoms with van der Waals surface area (Å²) in [6.07, 6.45) is -4.48. The second-order valence-electron chi connectivity index (χ2n) is 4.49. The second-order valence-corrected chi connectivity index (χ2v) is 4.49. The standard InChI is InChI=1S/C13H13F4N3O/c1-2-6-20-10(7-18-19-20)12(21)8-4-3-5-9(11(8)14)13(15,16)17/h3-5,7,12,21H,2,6H2,1H3. The number of hydrogen-bond donors (Lipinski definition) is 1. The molecule has 1 aromatic heterocycles. The topological polar surface area (TPSA) is 50.9 Å². The van der Waals surface area contributed by atoms with Crippen molar-refractivity contribution < 1.29 is 22.7 Å². The lowest BCUT2D eigenvalue weighted by Gasteiger charge is -2.16. The Morgan fingerprint density at radius 1 is 1.33 bits per heavy atom. The van der Waals surface area contributed by atoms with Crippen LogP contribution in [0.25, 0.3) is 0 Å². The van der Waals surface area contributed by atoms with Gasteiger partial charge in [0.2, 0.25) is 0 Å². The predicted octanol–water partition coefficient (Wildman–Crippen LogP) is 2.93. The van der Waals surface area contributed by atoms with Gasteiger partial charge in [-0.2, -0.15) is 13.2 Å². The summed E-state index contributed by atoms with van der Waals surface area (Å²) in [4.78, 5) is 0. The SMILES string of the molecule is CCCn1nncc1C(O)c1cccc(C(F)(F)F)c1F. The first-order valence-corrected chi connectivity index (χ1v) is 6.28. The molecule has 114 valence electrons. The molecule has 1 aromatic carbocycles. The zero-order valence-electron chi connectivity index (χ0n) is 11.1. The molecule has 0 spiro atoms. The van der Waals surface area contributed by atoms with Crippen molar-refractivity contribution in [2.45, 2.75) is 32.2 Å². The Morgan fingerprint density at radius 2 is 2.05 bits per heavy atom. The highest BCUT2D eigenvalue weighted by molar-refractivity contribution is 5.32. The zero-order chi connectivity index (χ0) is 15.6. The number of halogens is 4. The van der Waals surface area contributed by atoms with Gasteiger partial charge in [0, 0.05) is 12.1 Å². The Bertz CT molecular complexity index is 624. The van der Waals surface area contributed by atoms with Gasteiger partial charge in [0.25, 0.3) is 0 Å². The number of rotatable bonds is 4. The van der Waals surface area contributed by atoms with Crippen LogP contribution >= 0.6 is 0 Å². The fraction of sp³-hybridized carbons (Fsp3) is 0.385. The van der Waals surface area contributed by atoms with E-state index in [9.17, 15) is 22.7 Å². The summed E-state index contributed by atoms with van der Waals surface area (Å²) in [5, 5.41) is 17.5. The van der Waals surface area contributed by atoms with Gasteiger partial charge in [0.05, 0.1) is 17.5 Å². The van der Waals surface area contributed by atoms with Gasteiger partial charge in [-0.05, 0) is 12.5 Å². The number of aromatic nitrogens is 3. The van der Waals surface area contributed by atoms with E-state index < -0.39 is 29.2 Å². The molecule has 0 amide bonds. The van der Waals surface area contributed by atoms with Crippen LogP contribution in [0, 0.1) is 5.82 Å². The Labute approximate surface area is 118 Å². The summed E-state index contributed by atoms with van der Waals surface area (Å²) in [5.74, 6) is -1.48. The lowest BCUT2D eigenvalue weighted by Crippen LogP contribution is -2.15.